The van der Waals surface area contributed by atoms with E-state index in [0.29, 0.717) is 5.41 Å². The molecule has 1 atom stereocenters. The molecule has 1 aromatic carbocycles. The Bertz CT molecular complexity index is 338. The normalized spacial score (nSPS) is 21.7. The second kappa shape index (κ2) is 4.89. The molecule has 1 fully saturated rings. The van der Waals surface area contributed by atoms with Crippen LogP contribution in [0.4, 0.5) is 0 Å². The van der Waals surface area contributed by atoms with E-state index >= 15 is 0 Å². The van der Waals surface area contributed by atoms with Crippen LogP contribution in [0.3, 0.4) is 0 Å². The summed E-state index contributed by atoms with van der Waals surface area (Å²) in [5.74, 6) is 0. The zero-order valence-corrected chi connectivity index (χ0v) is 11.5. The van der Waals surface area contributed by atoms with E-state index in [4.69, 9.17) is 5.73 Å². The molecule has 1 nitrogen and oxygen atoms in total. The van der Waals surface area contributed by atoms with Crippen LogP contribution in [-0.2, 0) is 0 Å². The van der Waals surface area contributed by atoms with Gasteiger partial charge in [-0.25, -0.2) is 0 Å². The predicted molar refractivity (Wildman–Crippen MR) is 72.3 cm³/mol. The Kier molecular flexibility index (Phi) is 3.70. The quantitative estimate of drug-likeness (QED) is 0.853. The van der Waals surface area contributed by atoms with Crippen LogP contribution in [0.15, 0.2) is 28.7 Å². The summed E-state index contributed by atoms with van der Waals surface area (Å²) < 4.78 is 1.12. The van der Waals surface area contributed by atoms with E-state index in [-0.39, 0.29) is 6.04 Å². The second-order valence-electron chi connectivity index (χ2n) is 5.24. The number of halogens is 1. The van der Waals surface area contributed by atoms with E-state index in [1.807, 2.05) is 0 Å². The molecule has 0 aromatic heterocycles. The lowest BCUT2D eigenvalue weighted by molar-refractivity contribution is 0.170. The van der Waals surface area contributed by atoms with Gasteiger partial charge in [-0.3, -0.25) is 0 Å². The van der Waals surface area contributed by atoms with Gasteiger partial charge in [0.15, 0.2) is 0 Å². The van der Waals surface area contributed by atoms with Crippen LogP contribution in [0.2, 0.25) is 0 Å². The van der Waals surface area contributed by atoms with Gasteiger partial charge in [-0.05, 0) is 36.0 Å². The number of rotatable bonds is 2. The van der Waals surface area contributed by atoms with E-state index in [0.717, 1.165) is 4.47 Å². The molecule has 88 valence electrons. The van der Waals surface area contributed by atoms with Crippen LogP contribution in [0.5, 0.6) is 0 Å². The summed E-state index contributed by atoms with van der Waals surface area (Å²) in [7, 11) is 0. The molecule has 1 aliphatic rings. The highest BCUT2D eigenvalue weighted by molar-refractivity contribution is 9.10. The number of hydrogen-bond acceptors (Lipinski definition) is 1. The first kappa shape index (κ1) is 12.1. The topological polar surface area (TPSA) is 26.0 Å². The van der Waals surface area contributed by atoms with Crippen LogP contribution >= 0.6 is 15.9 Å². The van der Waals surface area contributed by atoms with Gasteiger partial charge in [0.05, 0.1) is 0 Å². The van der Waals surface area contributed by atoms with E-state index < -0.39 is 0 Å². The van der Waals surface area contributed by atoms with Gasteiger partial charge < -0.3 is 5.73 Å². The molecule has 2 heteroatoms. The van der Waals surface area contributed by atoms with Gasteiger partial charge in [0.25, 0.3) is 0 Å². The fourth-order valence-electron chi connectivity index (χ4n) is 2.74. The highest BCUT2D eigenvalue weighted by Gasteiger charge is 2.33. The Morgan fingerprint density at radius 2 is 1.69 bits per heavy atom. The summed E-state index contributed by atoms with van der Waals surface area (Å²) in [6.45, 7) is 2.35. The molecule has 2 rings (SSSR count). The van der Waals surface area contributed by atoms with Crippen molar-refractivity contribution < 1.29 is 0 Å². The smallest absolute Gasteiger partial charge is 0.0349 e. The largest absolute Gasteiger partial charge is 0.323 e. The molecule has 1 unspecified atom stereocenters. The third-order valence-electron chi connectivity index (χ3n) is 3.98. The van der Waals surface area contributed by atoms with E-state index in [1.54, 1.807) is 0 Å². The van der Waals surface area contributed by atoms with Crippen molar-refractivity contribution >= 4 is 15.9 Å². The minimum absolute atomic E-state index is 0.181. The standard InChI is InChI=1S/C14H20BrN/c1-14(9-3-2-4-10-14)13(16)11-5-7-12(15)8-6-11/h5-8,13H,2-4,9-10,16H2,1H3. The predicted octanol–water partition coefficient (Wildman–Crippen LogP) is 4.42. The molecule has 0 heterocycles. The fraction of sp³-hybridized carbons (Fsp3) is 0.571. The molecule has 1 aromatic rings. The van der Waals surface area contributed by atoms with Crippen LogP contribution in [0, 0.1) is 5.41 Å². The third kappa shape index (κ3) is 2.49. The molecule has 0 aliphatic heterocycles. The maximum Gasteiger partial charge on any atom is 0.0349 e. The molecule has 0 spiro atoms. The summed E-state index contributed by atoms with van der Waals surface area (Å²) in [5.41, 5.74) is 8.01. The van der Waals surface area contributed by atoms with Gasteiger partial charge in [-0.15, -0.1) is 0 Å². The Balaban J connectivity index is 2.16. The first-order chi connectivity index (χ1) is 7.62. The minimum Gasteiger partial charge on any atom is -0.323 e. The Morgan fingerprint density at radius 1 is 1.12 bits per heavy atom. The van der Waals surface area contributed by atoms with Crippen molar-refractivity contribution in [2.24, 2.45) is 11.1 Å². The molecule has 2 N–H and O–H groups in total. The molecular formula is C14H20BrN. The average molecular weight is 282 g/mol. The maximum atomic E-state index is 6.44. The molecular weight excluding hydrogens is 262 g/mol. The zero-order chi connectivity index (χ0) is 11.6. The summed E-state index contributed by atoms with van der Waals surface area (Å²) in [6, 6.07) is 8.65. The monoisotopic (exact) mass is 281 g/mol. The van der Waals surface area contributed by atoms with Crippen molar-refractivity contribution in [3.63, 3.8) is 0 Å². The maximum absolute atomic E-state index is 6.44. The van der Waals surface area contributed by atoms with Crippen molar-refractivity contribution in [3.05, 3.63) is 34.3 Å². The molecule has 1 saturated carbocycles. The van der Waals surface area contributed by atoms with Crippen LogP contribution in [-0.4, -0.2) is 0 Å². The molecule has 0 bridgehead atoms. The molecule has 1 aliphatic carbocycles. The van der Waals surface area contributed by atoms with Crippen molar-refractivity contribution in [1.82, 2.24) is 0 Å². The minimum atomic E-state index is 0.181. The van der Waals surface area contributed by atoms with Crippen LogP contribution < -0.4 is 5.73 Å². The lowest BCUT2D eigenvalue weighted by Gasteiger charge is -2.39. The number of hydrogen-bond donors (Lipinski definition) is 1. The Labute approximate surface area is 107 Å². The van der Waals surface area contributed by atoms with Crippen molar-refractivity contribution in [3.8, 4) is 0 Å². The second-order valence-corrected chi connectivity index (χ2v) is 6.16. The van der Waals surface area contributed by atoms with Gasteiger partial charge in [-0.1, -0.05) is 54.2 Å². The molecule has 0 radical (unpaired) electrons. The Morgan fingerprint density at radius 3 is 2.25 bits per heavy atom. The molecule has 16 heavy (non-hydrogen) atoms. The summed E-state index contributed by atoms with van der Waals surface area (Å²) in [4.78, 5) is 0. The first-order valence-corrected chi connectivity index (χ1v) is 6.92. The van der Waals surface area contributed by atoms with Gasteiger partial charge in [0.2, 0.25) is 0 Å². The molecule has 0 amide bonds. The lowest BCUT2D eigenvalue weighted by Crippen LogP contribution is -2.33. The SMILES string of the molecule is CC1(C(N)c2ccc(Br)cc2)CCCCC1. The fourth-order valence-corrected chi connectivity index (χ4v) is 3.01. The number of nitrogens with two attached hydrogens (primary N) is 1. The van der Waals surface area contributed by atoms with Crippen LogP contribution in [0.1, 0.15) is 50.6 Å². The highest BCUT2D eigenvalue weighted by atomic mass is 79.9. The highest BCUT2D eigenvalue weighted by Crippen LogP contribution is 2.44. The van der Waals surface area contributed by atoms with Gasteiger partial charge in [0.1, 0.15) is 0 Å². The van der Waals surface area contributed by atoms with Crippen molar-refractivity contribution in [2.45, 2.75) is 45.1 Å². The number of benzene rings is 1. The molecule has 0 saturated heterocycles. The zero-order valence-electron chi connectivity index (χ0n) is 9.88. The average Bonchev–Trinajstić information content (AvgIpc) is 2.30. The van der Waals surface area contributed by atoms with Crippen LogP contribution in [0.25, 0.3) is 0 Å². The summed E-state index contributed by atoms with van der Waals surface area (Å²) in [5, 5.41) is 0. The lowest BCUT2D eigenvalue weighted by atomic mass is 9.69. The first-order valence-electron chi connectivity index (χ1n) is 6.13. The van der Waals surface area contributed by atoms with Gasteiger partial charge in [0, 0.05) is 10.5 Å². The summed E-state index contributed by atoms with van der Waals surface area (Å²) in [6.07, 6.45) is 6.58. The van der Waals surface area contributed by atoms with Gasteiger partial charge in [-0.2, -0.15) is 0 Å². The third-order valence-corrected chi connectivity index (χ3v) is 4.50. The van der Waals surface area contributed by atoms with Gasteiger partial charge >= 0.3 is 0 Å². The summed E-state index contributed by atoms with van der Waals surface area (Å²) >= 11 is 3.46. The van der Waals surface area contributed by atoms with Crippen molar-refractivity contribution in [2.75, 3.05) is 0 Å². The van der Waals surface area contributed by atoms with E-state index in [2.05, 4.69) is 47.1 Å². The van der Waals surface area contributed by atoms with E-state index in [9.17, 15) is 0 Å². The Hall–Kier alpha value is -0.340. The van der Waals surface area contributed by atoms with E-state index in [1.165, 1.54) is 37.7 Å². The van der Waals surface area contributed by atoms with Crippen molar-refractivity contribution in [1.29, 1.82) is 0 Å².